The highest BCUT2D eigenvalue weighted by Crippen LogP contribution is 2.13. The average molecular weight is 823 g/mol. The van der Waals surface area contributed by atoms with Gasteiger partial charge in [0, 0.05) is 19.3 Å². The molecule has 6 heteroatoms. The van der Waals surface area contributed by atoms with E-state index >= 15 is 0 Å². The molecular weight excluding hydrogens is 733 g/mol. The van der Waals surface area contributed by atoms with Gasteiger partial charge in [0.1, 0.15) is 13.2 Å². The number of esters is 3. The van der Waals surface area contributed by atoms with Crippen LogP contribution in [0.5, 0.6) is 0 Å². The third-order valence-corrected chi connectivity index (χ3v) is 10.2. The standard InChI is InChI=1S/C53H90O6/c1-4-7-10-13-16-19-22-24-26-28-31-34-37-40-43-46-52(55)58-49-50(48-57-51(54)45-42-39-36-33-30-21-18-15-12-9-6-3)59-53(56)47-44-41-38-35-32-29-27-25-23-20-17-14-11-8-5-2/h7,10,15-16,18-19,24-27,31,34,50H,4-6,8-9,11-14,17,20-23,28-30,32-33,35-49H2,1-3H3/b10-7-,18-15-,19-16-,26-24-,27-25-,34-31-/t50-/m0/s1. The molecule has 0 fully saturated rings. The summed E-state index contributed by atoms with van der Waals surface area (Å²) < 4.78 is 16.7. The zero-order valence-corrected chi connectivity index (χ0v) is 38.5. The lowest BCUT2D eigenvalue weighted by atomic mass is 10.1. The van der Waals surface area contributed by atoms with Crippen LogP contribution in [0.15, 0.2) is 72.9 Å². The molecule has 0 N–H and O–H groups in total. The topological polar surface area (TPSA) is 78.9 Å². The molecule has 1 atom stereocenters. The van der Waals surface area contributed by atoms with Gasteiger partial charge in [0.15, 0.2) is 6.10 Å². The predicted octanol–water partition coefficient (Wildman–Crippen LogP) is 15.9. The first-order valence-corrected chi connectivity index (χ1v) is 24.4. The lowest BCUT2D eigenvalue weighted by molar-refractivity contribution is -0.167. The van der Waals surface area contributed by atoms with Crippen molar-refractivity contribution in [2.24, 2.45) is 0 Å². The minimum atomic E-state index is -0.798. The Balaban J connectivity index is 4.47. The van der Waals surface area contributed by atoms with Crippen molar-refractivity contribution in [2.45, 2.75) is 232 Å². The van der Waals surface area contributed by atoms with Crippen LogP contribution in [0, 0.1) is 0 Å². The van der Waals surface area contributed by atoms with E-state index in [-0.39, 0.29) is 31.1 Å². The molecule has 0 saturated carbocycles. The van der Waals surface area contributed by atoms with Crippen molar-refractivity contribution in [3.8, 4) is 0 Å². The highest BCUT2D eigenvalue weighted by molar-refractivity contribution is 5.71. The smallest absolute Gasteiger partial charge is 0.306 e. The second kappa shape index (κ2) is 47.5. The largest absolute Gasteiger partial charge is 0.462 e. The molecule has 0 aromatic rings. The Bertz CT molecular complexity index is 1130. The van der Waals surface area contributed by atoms with Gasteiger partial charge in [-0.25, -0.2) is 0 Å². The van der Waals surface area contributed by atoms with Crippen LogP contribution in [-0.2, 0) is 28.6 Å². The van der Waals surface area contributed by atoms with Crippen molar-refractivity contribution in [3.63, 3.8) is 0 Å². The third-order valence-electron chi connectivity index (χ3n) is 10.2. The van der Waals surface area contributed by atoms with Crippen LogP contribution in [0.4, 0.5) is 0 Å². The van der Waals surface area contributed by atoms with Gasteiger partial charge in [0.05, 0.1) is 0 Å². The van der Waals surface area contributed by atoms with Gasteiger partial charge in [-0.15, -0.1) is 0 Å². The van der Waals surface area contributed by atoms with E-state index in [1.165, 1.54) is 77.0 Å². The number of hydrogen-bond donors (Lipinski definition) is 0. The van der Waals surface area contributed by atoms with Gasteiger partial charge in [-0.05, 0) is 103 Å². The molecule has 0 heterocycles. The van der Waals surface area contributed by atoms with Gasteiger partial charge in [0.2, 0.25) is 0 Å². The van der Waals surface area contributed by atoms with Gasteiger partial charge in [-0.1, -0.05) is 177 Å². The van der Waals surface area contributed by atoms with Crippen molar-refractivity contribution in [2.75, 3.05) is 13.2 Å². The van der Waals surface area contributed by atoms with Gasteiger partial charge < -0.3 is 14.2 Å². The second-order valence-corrected chi connectivity index (χ2v) is 16.0. The number of hydrogen-bond acceptors (Lipinski definition) is 6. The summed E-state index contributed by atoms with van der Waals surface area (Å²) in [5, 5.41) is 0. The average Bonchev–Trinajstić information content (AvgIpc) is 3.23. The maximum atomic E-state index is 12.8. The minimum Gasteiger partial charge on any atom is -0.462 e. The highest BCUT2D eigenvalue weighted by atomic mass is 16.6. The maximum absolute atomic E-state index is 12.8. The van der Waals surface area contributed by atoms with Gasteiger partial charge in [-0.3, -0.25) is 14.4 Å². The number of carbonyl (C=O) groups is 3. The first kappa shape index (κ1) is 55.9. The van der Waals surface area contributed by atoms with E-state index in [9.17, 15) is 14.4 Å². The normalized spacial score (nSPS) is 12.7. The summed E-state index contributed by atoms with van der Waals surface area (Å²) in [6, 6.07) is 0. The van der Waals surface area contributed by atoms with Crippen molar-refractivity contribution in [1.29, 1.82) is 0 Å². The van der Waals surface area contributed by atoms with E-state index in [1.54, 1.807) is 0 Å². The molecule has 0 spiro atoms. The zero-order chi connectivity index (χ0) is 43.0. The summed E-state index contributed by atoms with van der Waals surface area (Å²) in [6.07, 6.45) is 58.8. The Morgan fingerprint density at radius 3 is 1.14 bits per heavy atom. The van der Waals surface area contributed by atoms with Crippen LogP contribution < -0.4 is 0 Å². The molecule has 6 nitrogen and oxygen atoms in total. The lowest BCUT2D eigenvalue weighted by Gasteiger charge is -2.18. The predicted molar refractivity (Wildman–Crippen MR) is 251 cm³/mol. The number of rotatable bonds is 43. The summed E-state index contributed by atoms with van der Waals surface area (Å²) in [5.41, 5.74) is 0. The summed E-state index contributed by atoms with van der Waals surface area (Å²) in [7, 11) is 0. The van der Waals surface area contributed by atoms with Crippen LogP contribution >= 0.6 is 0 Å². The summed E-state index contributed by atoms with van der Waals surface area (Å²) >= 11 is 0. The molecule has 0 aliphatic heterocycles. The quantitative estimate of drug-likeness (QED) is 0.0264. The van der Waals surface area contributed by atoms with Gasteiger partial charge in [-0.2, -0.15) is 0 Å². The molecule has 0 aliphatic rings. The minimum absolute atomic E-state index is 0.0968. The Kier molecular flexibility index (Phi) is 45.0. The van der Waals surface area contributed by atoms with Crippen molar-refractivity contribution in [3.05, 3.63) is 72.9 Å². The summed E-state index contributed by atoms with van der Waals surface area (Å²) in [4.78, 5) is 37.8. The fraction of sp³-hybridized carbons (Fsp3) is 0.717. The molecule has 0 amide bonds. The SMILES string of the molecule is CC/C=C\C/C=C\C/C=C\C/C=C\CCCCC(=O)OC[C@H](COC(=O)CCCCCCC/C=C\CCCC)OC(=O)CCCCCCC/C=C\CCCCCCCC. The van der Waals surface area contributed by atoms with E-state index in [0.717, 1.165) is 109 Å². The van der Waals surface area contributed by atoms with E-state index in [2.05, 4.69) is 93.7 Å². The second-order valence-electron chi connectivity index (χ2n) is 16.0. The Morgan fingerprint density at radius 2 is 0.678 bits per heavy atom. The molecule has 0 aliphatic carbocycles. The molecule has 0 rings (SSSR count). The maximum Gasteiger partial charge on any atom is 0.306 e. The molecule has 0 aromatic heterocycles. The first-order chi connectivity index (χ1) is 29.0. The van der Waals surface area contributed by atoms with Crippen molar-refractivity contribution < 1.29 is 28.6 Å². The van der Waals surface area contributed by atoms with Gasteiger partial charge >= 0.3 is 17.9 Å². The first-order valence-electron chi connectivity index (χ1n) is 24.4. The van der Waals surface area contributed by atoms with E-state index in [4.69, 9.17) is 14.2 Å². The fourth-order valence-electron chi connectivity index (χ4n) is 6.47. The Morgan fingerprint density at radius 1 is 0.356 bits per heavy atom. The van der Waals surface area contributed by atoms with Gasteiger partial charge in [0.25, 0.3) is 0 Å². The molecule has 0 saturated heterocycles. The molecule has 0 radical (unpaired) electrons. The summed E-state index contributed by atoms with van der Waals surface area (Å²) in [5.74, 6) is -0.960. The van der Waals surface area contributed by atoms with Crippen LogP contribution in [-0.4, -0.2) is 37.2 Å². The monoisotopic (exact) mass is 823 g/mol. The fourth-order valence-corrected chi connectivity index (χ4v) is 6.47. The summed E-state index contributed by atoms with van der Waals surface area (Å²) in [6.45, 7) is 6.42. The van der Waals surface area contributed by atoms with Crippen LogP contribution in [0.25, 0.3) is 0 Å². The highest BCUT2D eigenvalue weighted by Gasteiger charge is 2.19. The van der Waals surface area contributed by atoms with Crippen molar-refractivity contribution >= 4 is 17.9 Å². The molecule has 59 heavy (non-hydrogen) atoms. The molecular formula is C53H90O6. The molecule has 0 aromatic carbocycles. The number of ether oxygens (including phenoxy) is 3. The van der Waals surface area contributed by atoms with Crippen LogP contribution in [0.2, 0.25) is 0 Å². The van der Waals surface area contributed by atoms with E-state index in [1.807, 2.05) is 0 Å². The van der Waals surface area contributed by atoms with E-state index in [0.29, 0.717) is 19.3 Å². The Labute approximate surface area is 363 Å². The van der Waals surface area contributed by atoms with Crippen molar-refractivity contribution in [1.82, 2.24) is 0 Å². The molecule has 0 bridgehead atoms. The molecule has 338 valence electrons. The zero-order valence-electron chi connectivity index (χ0n) is 38.5. The Hall–Kier alpha value is -3.15. The number of carbonyl (C=O) groups excluding carboxylic acids is 3. The van der Waals surface area contributed by atoms with Crippen LogP contribution in [0.3, 0.4) is 0 Å². The number of unbranched alkanes of at least 4 members (excludes halogenated alkanes) is 20. The lowest BCUT2D eigenvalue weighted by Crippen LogP contribution is -2.30. The van der Waals surface area contributed by atoms with E-state index < -0.39 is 6.10 Å². The third kappa shape index (κ3) is 45.8. The molecule has 0 unspecified atom stereocenters. The number of allylic oxidation sites excluding steroid dienone is 12. The van der Waals surface area contributed by atoms with Crippen LogP contribution in [0.1, 0.15) is 226 Å².